The minimum atomic E-state index is -1.03. The summed E-state index contributed by atoms with van der Waals surface area (Å²) in [6, 6.07) is 4.58. The minimum absolute atomic E-state index is 0.419. The summed E-state index contributed by atoms with van der Waals surface area (Å²) in [5.74, 6) is -1.96. The number of benzene rings is 1. The fourth-order valence-corrected chi connectivity index (χ4v) is 1.44. The maximum absolute atomic E-state index is 13.5. The van der Waals surface area contributed by atoms with Gasteiger partial charge in [-0.1, -0.05) is 6.07 Å². The van der Waals surface area contributed by atoms with Gasteiger partial charge in [0.05, 0.1) is 0 Å². The number of nitriles is 1. The van der Waals surface area contributed by atoms with Crippen LogP contribution in [0.25, 0.3) is 5.69 Å². The van der Waals surface area contributed by atoms with Gasteiger partial charge in [-0.15, -0.1) is 0 Å². The van der Waals surface area contributed by atoms with Gasteiger partial charge in [0.15, 0.2) is 0 Å². The molecule has 0 spiro atoms. The van der Waals surface area contributed by atoms with Gasteiger partial charge in [-0.3, -0.25) is 14.3 Å². The highest BCUT2D eigenvalue weighted by molar-refractivity contribution is 5.37. The third-order valence-corrected chi connectivity index (χ3v) is 2.24. The zero-order valence-corrected chi connectivity index (χ0v) is 8.78. The van der Waals surface area contributed by atoms with Crippen molar-refractivity contribution in [3.8, 4) is 11.8 Å². The molecule has 1 aromatic carbocycles. The van der Waals surface area contributed by atoms with Crippen molar-refractivity contribution in [3.63, 3.8) is 0 Å². The largest absolute Gasteiger partial charge is 0.333 e. The molecule has 2 rings (SSSR count). The molecule has 1 aromatic heterocycles. The molecule has 0 aliphatic carbocycles. The molecule has 0 aliphatic rings. The van der Waals surface area contributed by atoms with Crippen LogP contribution in [-0.4, -0.2) is 9.55 Å². The molecule has 0 saturated carbocycles. The molecule has 0 fully saturated rings. The van der Waals surface area contributed by atoms with Gasteiger partial charge >= 0.3 is 5.69 Å². The number of rotatable bonds is 1. The predicted molar refractivity (Wildman–Crippen MR) is 57.3 cm³/mol. The quantitative estimate of drug-likeness (QED) is 0.806. The normalized spacial score (nSPS) is 10.1. The van der Waals surface area contributed by atoms with Crippen LogP contribution in [-0.2, 0) is 0 Å². The molecule has 18 heavy (non-hydrogen) atoms. The third kappa shape index (κ3) is 1.80. The first-order chi connectivity index (χ1) is 8.54. The van der Waals surface area contributed by atoms with E-state index in [4.69, 9.17) is 5.26 Å². The fourth-order valence-electron chi connectivity index (χ4n) is 1.44. The molecule has 7 heteroatoms. The summed E-state index contributed by atoms with van der Waals surface area (Å²) >= 11 is 0. The average Bonchev–Trinajstić information content (AvgIpc) is 2.31. The van der Waals surface area contributed by atoms with Crippen molar-refractivity contribution in [2.45, 2.75) is 0 Å². The van der Waals surface area contributed by atoms with Crippen molar-refractivity contribution >= 4 is 0 Å². The van der Waals surface area contributed by atoms with Crippen molar-refractivity contribution in [2.24, 2.45) is 0 Å². The summed E-state index contributed by atoms with van der Waals surface area (Å²) in [4.78, 5) is 24.4. The van der Waals surface area contributed by atoms with Crippen molar-refractivity contribution in [2.75, 3.05) is 0 Å². The standard InChI is InChI=1S/C11H5F2N3O2/c12-7-2-1-3-8(13)9(7)16-5-6(4-14)10(17)15-11(16)18/h1-3,5H,(H,15,17,18). The molecule has 5 nitrogen and oxygen atoms in total. The van der Waals surface area contributed by atoms with Crippen molar-refractivity contribution < 1.29 is 8.78 Å². The summed E-state index contributed by atoms with van der Waals surface area (Å²) in [5.41, 5.74) is -2.99. The molecule has 0 unspecified atom stereocenters. The van der Waals surface area contributed by atoms with Crippen LogP contribution < -0.4 is 11.2 Å². The highest BCUT2D eigenvalue weighted by Gasteiger charge is 2.14. The van der Waals surface area contributed by atoms with Crippen LogP contribution in [0.1, 0.15) is 5.56 Å². The number of aromatic nitrogens is 2. The van der Waals surface area contributed by atoms with Gasteiger partial charge in [-0.25, -0.2) is 13.6 Å². The van der Waals surface area contributed by atoms with Crippen LogP contribution in [0.3, 0.4) is 0 Å². The van der Waals surface area contributed by atoms with Gasteiger partial charge in [0.25, 0.3) is 5.56 Å². The van der Waals surface area contributed by atoms with E-state index >= 15 is 0 Å². The maximum atomic E-state index is 13.5. The second-order valence-electron chi connectivity index (χ2n) is 3.35. The topological polar surface area (TPSA) is 78.7 Å². The summed E-state index contributed by atoms with van der Waals surface area (Å²) in [6.07, 6.45) is 0.794. The number of hydrogen-bond acceptors (Lipinski definition) is 3. The lowest BCUT2D eigenvalue weighted by atomic mass is 10.2. The minimum Gasteiger partial charge on any atom is -0.273 e. The highest BCUT2D eigenvalue weighted by atomic mass is 19.1. The van der Waals surface area contributed by atoms with Gasteiger partial charge in [0.2, 0.25) is 0 Å². The number of aromatic amines is 1. The molecule has 0 radical (unpaired) electrons. The zero-order valence-electron chi connectivity index (χ0n) is 8.78. The Morgan fingerprint density at radius 1 is 1.22 bits per heavy atom. The van der Waals surface area contributed by atoms with E-state index in [0.29, 0.717) is 4.57 Å². The Balaban J connectivity index is 2.85. The van der Waals surface area contributed by atoms with E-state index < -0.39 is 34.1 Å². The molecule has 0 atom stereocenters. The number of H-pyrrole nitrogens is 1. The lowest BCUT2D eigenvalue weighted by molar-refractivity contribution is 0.564. The summed E-state index contributed by atoms with van der Waals surface area (Å²) in [5, 5.41) is 8.65. The second-order valence-corrected chi connectivity index (χ2v) is 3.35. The smallest absolute Gasteiger partial charge is 0.273 e. The van der Waals surface area contributed by atoms with Crippen molar-refractivity contribution in [1.29, 1.82) is 5.26 Å². The van der Waals surface area contributed by atoms with Crippen molar-refractivity contribution in [3.05, 3.63) is 62.4 Å². The number of hydrogen-bond donors (Lipinski definition) is 1. The van der Waals surface area contributed by atoms with E-state index in [2.05, 4.69) is 0 Å². The fraction of sp³-hybridized carbons (Fsp3) is 0. The van der Waals surface area contributed by atoms with Gasteiger partial charge in [-0.2, -0.15) is 5.26 Å². The molecule has 0 saturated heterocycles. The van der Waals surface area contributed by atoms with Crippen LogP contribution in [0.4, 0.5) is 8.78 Å². The van der Waals surface area contributed by atoms with Gasteiger partial charge < -0.3 is 0 Å². The summed E-state index contributed by atoms with van der Waals surface area (Å²) < 4.78 is 27.5. The van der Waals surface area contributed by atoms with E-state index in [1.807, 2.05) is 4.98 Å². The number of halogens is 2. The monoisotopic (exact) mass is 249 g/mol. The van der Waals surface area contributed by atoms with E-state index in [-0.39, 0.29) is 0 Å². The Hall–Kier alpha value is -2.75. The Morgan fingerprint density at radius 2 is 1.83 bits per heavy atom. The lowest BCUT2D eigenvalue weighted by Gasteiger charge is -2.07. The first-order valence-electron chi connectivity index (χ1n) is 4.75. The number of nitrogens with zero attached hydrogens (tertiary/aromatic N) is 2. The van der Waals surface area contributed by atoms with Crippen LogP contribution in [0.15, 0.2) is 34.0 Å². The van der Waals surface area contributed by atoms with Gasteiger partial charge in [0.1, 0.15) is 29.0 Å². The van der Waals surface area contributed by atoms with E-state index in [1.165, 1.54) is 6.07 Å². The third-order valence-electron chi connectivity index (χ3n) is 2.24. The number of nitrogens with one attached hydrogen (secondary N) is 1. The summed E-state index contributed by atoms with van der Waals surface area (Å²) in [7, 11) is 0. The van der Waals surface area contributed by atoms with E-state index in [0.717, 1.165) is 24.4 Å². The maximum Gasteiger partial charge on any atom is 0.333 e. The second kappa shape index (κ2) is 4.25. The van der Waals surface area contributed by atoms with Crippen LogP contribution in [0, 0.1) is 23.0 Å². The Bertz CT molecular complexity index is 751. The SMILES string of the molecule is N#Cc1cn(-c2c(F)cccc2F)c(=O)[nH]c1=O. The highest BCUT2D eigenvalue weighted by Crippen LogP contribution is 2.15. The van der Waals surface area contributed by atoms with E-state index in [9.17, 15) is 18.4 Å². The predicted octanol–water partition coefficient (Wildman–Crippen LogP) is 0.676. The molecule has 1 N–H and O–H groups in total. The van der Waals surface area contributed by atoms with Crippen LogP contribution in [0.5, 0.6) is 0 Å². The van der Waals surface area contributed by atoms with Gasteiger partial charge in [0, 0.05) is 6.20 Å². The molecule has 0 bridgehead atoms. The molecule has 90 valence electrons. The molecule has 1 heterocycles. The lowest BCUT2D eigenvalue weighted by Crippen LogP contribution is -2.31. The first kappa shape index (κ1) is 11.7. The van der Waals surface area contributed by atoms with E-state index in [1.54, 1.807) is 0 Å². The van der Waals surface area contributed by atoms with Crippen molar-refractivity contribution in [1.82, 2.24) is 9.55 Å². The average molecular weight is 249 g/mol. The number of para-hydroxylation sites is 1. The van der Waals surface area contributed by atoms with Crippen LogP contribution in [0.2, 0.25) is 0 Å². The van der Waals surface area contributed by atoms with Crippen LogP contribution >= 0.6 is 0 Å². The Kier molecular flexibility index (Phi) is 2.77. The Morgan fingerprint density at radius 3 is 2.39 bits per heavy atom. The zero-order chi connectivity index (χ0) is 13.3. The molecular weight excluding hydrogens is 244 g/mol. The van der Waals surface area contributed by atoms with Gasteiger partial charge in [-0.05, 0) is 12.1 Å². The molecular formula is C11H5F2N3O2. The summed E-state index contributed by atoms with van der Waals surface area (Å²) in [6.45, 7) is 0. The first-order valence-corrected chi connectivity index (χ1v) is 4.75. The molecule has 0 aliphatic heterocycles. The molecule has 2 aromatic rings. The molecule has 0 amide bonds. The Labute approximate surface area is 98.5 Å².